The van der Waals surface area contributed by atoms with Crippen LogP contribution in [0.2, 0.25) is 0 Å². The molecule has 0 amide bonds. The number of fused-ring (bicyclic) bond motifs is 1. The molecule has 1 aromatic heterocycles. The van der Waals surface area contributed by atoms with Crippen molar-refractivity contribution in [3.8, 4) is 11.5 Å². The summed E-state index contributed by atoms with van der Waals surface area (Å²) in [6.07, 6.45) is 5.09. The molecule has 0 bridgehead atoms. The first-order chi connectivity index (χ1) is 15.8. The van der Waals surface area contributed by atoms with E-state index in [4.69, 9.17) is 14.5 Å². The lowest BCUT2D eigenvalue weighted by Crippen LogP contribution is -2.22. The lowest BCUT2D eigenvalue weighted by atomic mass is 10.2. The molecule has 0 radical (unpaired) electrons. The maximum absolute atomic E-state index is 13.3. The molecule has 0 spiro atoms. The van der Waals surface area contributed by atoms with Gasteiger partial charge in [0.15, 0.2) is 11.5 Å². The number of rotatable bonds is 9. The van der Waals surface area contributed by atoms with Crippen LogP contribution in [0.25, 0.3) is 10.9 Å². The van der Waals surface area contributed by atoms with Crippen LogP contribution in [0.3, 0.4) is 0 Å². The van der Waals surface area contributed by atoms with E-state index in [0.29, 0.717) is 34.6 Å². The van der Waals surface area contributed by atoms with Gasteiger partial charge in [-0.05, 0) is 75.9 Å². The summed E-state index contributed by atoms with van der Waals surface area (Å²) in [5.74, 6) is 1.83. The molecule has 0 fully saturated rings. The number of methoxy groups -OCH3 is 1. The van der Waals surface area contributed by atoms with Crippen molar-refractivity contribution < 1.29 is 9.47 Å². The zero-order valence-electron chi connectivity index (χ0n) is 19.0. The number of aryl methyl sites for hydroxylation is 1. The van der Waals surface area contributed by atoms with Crippen LogP contribution in [-0.2, 0) is 6.42 Å². The first kappa shape index (κ1) is 25.9. The molecule has 3 aromatic rings. The van der Waals surface area contributed by atoms with E-state index in [-0.39, 0.29) is 11.7 Å². The van der Waals surface area contributed by atoms with E-state index in [1.807, 2.05) is 25.1 Å². The highest BCUT2D eigenvalue weighted by molar-refractivity contribution is 9.13. The van der Waals surface area contributed by atoms with E-state index in [1.165, 1.54) is 4.68 Å². The minimum absolute atomic E-state index is 0.0318. The van der Waals surface area contributed by atoms with Gasteiger partial charge in [0.1, 0.15) is 5.82 Å². The molecule has 0 saturated carbocycles. The molecule has 3 rings (SSSR count). The van der Waals surface area contributed by atoms with Crippen molar-refractivity contribution in [3.63, 3.8) is 0 Å². The summed E-state index contributed by atoms with van der Waals surface area (Å²) in [5, 5.41) is 5.06. The molecule has 0 N–H and O–H groups in total. The van der Waals surface area contributed by atoms with Crippen LogP contribution in [0, 0.1) is 0 Å². The van der Waals surface area contributed by atoms with Crippen molar-refractivity contribution in [3.05, 3.63) is 59.4 Å². The molecule has 1 heterocycles. The summed E-state index contributed by atoms with van der Waals surface area (Å²) < 4.78 is 15.3. The predicted molar refractivity (Wildman–Crippen MR) is 144 cm³/mol. The second-order valence-corrected chi connectivity index (χ2v) is 10.1. The Morgan fingerprint density at radius 2 is 1.94 bits per heavy atom. The topological polar surface area (TPSA) is 65.7 Å². The number of nitrogens with zero attached hydrogens (tertiary/aromatic N) is 3. The molecule has 0 aliphatic carbocycles. The molecule has 0 saturated heterocycles. The van der Waals surface area contributed by atoms with Gasteiger partial charge < -0.3 is 9.47 Å². The van der Waals surface area contributed by atoms with E-state index in [0.717, 1.165) is 38.2 Å². The minimum atomic E-state index is -0.206. The molecule has 2 aromatic carbocycles. The molecule has 176 valence electrons. The number of hydrogen-bond donors (Lipinski definition) is 0. The van der Waals surface area contributed by atoms with Crippen LogP contribution in [0.1, 0.15) is 51.4 Å². The van der Waals surface area contributed by atoms with Gasteiger partial charge >= 0.3 is 0 Å². The molecule has 0 aliphatic heterocycles. The van der Waals surface area contributed by atoms with Gasteiger partial charge in [0.2, 0.25) is 0 Å². The summed E-state index contributed by atoms with van der Waals surface area (Å²) in [4.78, 5) is 18.0. The van der Waals surface area contributed by atoms with Crippen molar-refractivity contribution in [1.29, 1.82) is 0 Å². The summed E-state index contributed by atoms with van der Waals surface area (Å²) in [6, 6.07) is 7.34. The van der Waals surface area contributed by atoms with E-state index in [9.17, 15) is 4.79 Å². The normalized spacial score (nSPS) is 12.5. The van der Waals surface area contributed by atoms with Crippen LogP contribution in [0.4, 0.5) is 0 Å². The van der Waals surface area contributed by atoms with Gasteiger partial charge in [0, 0.05) is 20.9 Å². The van der Waals surface area contributed by atoms with Crippen molar-refractivity contribution in [2.24, 2.45) is 5.10 Å². The molecular formula is C24H26Br3N3O3. The van der Waals surface area contributed by atoms with Crippen molar-refractivity contribution >= 4 is 64.9 Å². The van der Waals surface area contributed by atoms with Crippen LogP contribution in [0.5, 0.6) is 11.5 Å². The van der Waals surface area contributed by atoms with Crippen molar-refractivity contribution in [1.82, 2.24) is 9.66 Å². The highest BCUT2D eigenvalue weighted by Gasteiger charge is 2.18. The Morgan fingerprint density at radius 3 is 2.61 bits per heavy atom. The Morgan fingerprint density at radius 1 is 1.18 bits per heavy atom. The predicted octanol–water partition coefficient (Wildman–Crippen LogP) is 7.09. The number of halogens is 3. The van der Waals surface area contributed by atoms with Crippen LogP contribution in [0.15, 0.2) is 47.6 Å². The van der Waals surface area contributed by atoms with Gasteiger partial charge in [-0.25, -0.2) is 4.98 Å². The fraction of sp³-hybridized carbons (Fsp3) is 0.375. The van der Waals surface area contributed by atoms with Crippen LogP contribution < -0.4 is 15.0 Å². The zero-order chi connectivity index (χ0) is 24.1. The molecule has 0 aliphatic rings. The summed E-state index contributed by atoms with van der Waals surface area (Å²) in [5.41, 5.74) is 1.19. The Hall–Kier alpha value is -1.71. The average molecular weight is 644 g/mol. The molecule has 6 nitrogen and oxygen atoms in total. The Balaban J connectivity index is 2.12. The van der Waals surface area contributed by atoms with Crippen molar-refractivity contribution in [2.45, 2.75) is 52.6 Å². The third-order valence-corrected chi connectivity index (χ3v) is 7.85. The minimum Gasteiger partial charge on any atom is -0.493 e. The van der Waals surface area contributed by atoms with Gasteiger partial charge in [-0.2, -0.15) is 9.78 Å². The second kappa shape index (κ2) is 11.6. The van der Waals surface area contributed by atoms with Gasteiger partial charge in [0.25, 0.3) is 5.56 Å². The number of hydrogen-bond acceptors (Lipinski definition) is 5. The molecule has 9 heteroatoms. The zero-order valence-corrected chi connectivity index (χ0v) is 23.8. The highest BCUT2D eigenvalue weighted by atomic mass is 79.9. The third-order valence-electron chi connectivity index (χ3n) is 5.21. The maximum Gasteiger partial charge on any atom is 0.282 e. The summed E-state index contributed by atoms with van der Waals surface area (Å²) >= 11 is 10.7. The number of aromatic nitrogens is 2. The van der Waals surface area contributed by atoms with E-state index >= 15 is 0 Å². The number of benzene rings is 2. The maximum atomic E-state index is 13.3. The first-order valence-corrected chi connectivity index (χ1v) is 13.2. The smallest absolute Gasteiger partial charge is 0.282 e. The van der Waals surface area contributed by atoms with Gasteiger partial charge in [-0.1, -0.05) is 36.2 Å². The summed E-state index contributed by atoms with van der Waals surface area (Å²) in [7, 11) is 1.60. The average Bonchev–Trinajstić information content (AvgIpc) is 2.81. The Bertz CT molecular complexity index is 1240. The van der Waals surface area contributed by atoms with E-state index < -0.39 is 0 Å². The fourth-order valence-corrected chi connectivity index (χ4v) is 4.45. The number of ether oxygens (including phenoxy) is 2. The molecule has 1 atom stereocenters. The third kappa shape index (κ3) is 5.87. The highest BCUT2D eigenvalue weighted by Crippen LogP contribution is 2.43. The van der Waals surface area contributed by atoms with Gasteiger partial charge in [-0.15, -0.1) is 0 Å². The largest absolute Gasteiger partial charge is 0.493 e. The van der Waals surface area contributed by atoms with Crippen molar-refractivity contribution in [2.75, 3.05) is 7.11 Å². The molecule has 0 unspecified atom stereocenters. The lowest BCUT2D eigenvalue weighted by Gasteiger charge is -2.18. The van der Waals surface area contributed by atoms with E-state index in [2.05, 4.69) is 66.7 Å². The second-order valence-electron chi connectivity index (χ2n) is 7.62. The summed E-state index contributed by atoms with van der Waals surface area (Å²) in [6.45, 7) is 6.17. The number of unbranched alkanes of at least 4 members (excludes halogenated alkanes) is 1. The van der Waals surface area contributed by atoms with Gasteiger partial charge in [-0.3, -0.25) is 4.79 Å². The Kier molecular flexibility index (Phi) is 9.12. The SMILES string of the molecule is CCCCc1nc2ccc(Br)cc2c(=O)n1N=Cc1cc(OC)c(O[C@H](C)CC)c(Br)c1Br. The standard InChI is InChI=1S/C24H26Br3N3O3/c1-5-7-8-20-29-18-10-9-16(25)12-17(18)24(31)30(20)28-13-15-11-19(32-4)23(22(27)21(15)26)33-14(3)6-2/h9-14H,5-8H2,1-4H3/t14-/m1/s1. The van der Waals surface area contributed by atoms with E-state index in [1.54, 1.807) is 19.4 Å². The molecule has 33 heavy (non-hydrogen) atoms. The van der Waals surface area contributed by atoms with Crippen LogP contribution >= 0.6 is 47.8 Å². The lowest BCUT2D eigenvalue weighted by molar-refractivity contribution is 0.206. The molecular weight excluding hydrogens is 618 g/mol. The quantitative estimate of drug-likeness (QED) is 0.234. The van der Waals surface area contributed by atoms with Crippen LogP contribution in [-0.4, -0.2) is 29.1 Å². The fourth-order valence-electron chi connectivity index (χ4n) is 3.18. The first-order valence-electron chi connectivity index (χ1n) is 10.8. The monoisotopic (exact) mass is 641 g/mol. The Labute approximate surface area is 218 Å². The van der Waals surface area contributed by atoms with Gasteiger partial charge in [0.05, 0.1) is 34.8 Å².